The van der Waals surface area contributed by atoms with Crippen LogP contribution < -0.4 is 0 Å². The Balaban J connectivity index is 2.68. The van der Waals surface area contributed by atoms with Crippen molar-refractivity contribution in [3.63, 3.8) is 0 Å². The average molecular weight is 298 g/mol. The van der Waals surface area contributed by atoms with Crippen LogP contribution in [0.1, 0.15) is 41.4 Å². The summed E-state index contributed by atoms with van der Waals surface area (Å²) in [7, 11) is 0. The molecule has 0 spiro atoms. The van der Waals surface area contributed by atoms with E-state index >= 15 is 0 Å². The van der Waals surface area contributed by atoms with Crippen LogP contribution in [0.15, 0.2) is 18.2 Å². The van der Waals surface area contributed by atoms with Crippen molar-refractivity contribution < 1.29 is 23.1 Å². The quantitative estimate of drug-likeness (QED) is 0.912. The molecule has 1 aliphatic rings. The van der Waals surface area contributed by atoms with Crippen molar-refractivity contribution in [2.75, 3.05) is 6.61 Å². The molecule has 1 atom stereocenters. The molecule has 0 saturated carbocycles. The van der Waals surface area contributed by atoms with E-state index in [4.69, 9.17) is 0 Å². The molecule has 1 N–H and O–H groups in total. The summed E-state index contributed by atoms with van der Waals surface area (Å²) in [5.74, 6) is -0.886. The molecule has 1 heterocycles. The Hall–Kier alpha value is -2.07. The molecular weight excluding hydrogens is 285 g/mol. The van der Waals surface area contributed by atoms with E-state index in [-0.39, 0.29) is 5.56 Å². The first-order chi connectivity index (χ1) is 9.65. The number of carbonyl (C=O) groups is 1. The number of carbonyl (C=O) groups excluding carboxylic acids is 1. The van der Waals surface area contributed by atoms with Crippen molar-refractivity contribution in [2.45, 2.75) is 31.6 Å². The average Bonchev–Trinajstić information content (AvgIpc) is 2.71. The van der Waals surface area contributed by atoms with Gasteiger partial charge >= 0.3 is 6.18 Å². The lowest BCUT2D eigenvalue weighted by Crippen LogP contribution is -2.48. The summed E-state index contributed by atoms with van der Waals surface area (Å²) in [5, 5.41) is 18.6. The Bertz CT molecular complexity index is 632. The summed E-state index contributed by atoms with van der Waals surface area (Å²) >= 11 is 0. The van der Waals surface area contributed by atoms with Crippen LogP contribution in [-0.4, -0.2) is 28.1 Å². The maximum absolute atomic E-state index is 13.1. The van der Waals surface area contributed by atoms with Gasteiger partial charge in [0.25, 0.3) is 5.91 Å². The highest BCUT2D eigenvalue weighted by molar-refractivity contribution is 6.01. The van der Waals surface area contributed by atoms with Gasteiger partial charge in [0.1, 0.15) is 6.04 Å². The number of hydrogen-bond acceptors (Lipinski definition) is 3. The van der Waals surface area contributed by atoms with Gasteiger partial charge in [-0.15, -0.1) is 0 Å². The van der Waals surface area contributed by atoms with Gasteiger partial charge in [-0.2, -0.15) is 18.4 Å². The molecule has 7 heteroatoms. The highest BCUT2D eigenvalue weighted by Gasteiger charge is 2.48. The summed E-state index contributed by atoms with van der Waals surface area (Å²) < 4.78 is 39.2. The molecule has 0 radical (unpaired) electrons. The molecule has 1 aromatic carbocycles. The van der Waals surface area contributed by atoms with E-state index in [1.165, 1.54) is 26.0 Å². The van der Waals surface area contributed by atoms with Crippen molar-refractivity contribution in [3.05, 3.63) is 34.9 Å². The first-order valence-electron chi connectivity index (χ1n) is 6.19. The van der Waals surface area contributed by atoms with Crippen LogP contribution in [0.25, 0.3) is 0 Å². The number of aliphatic hydroxyl groups excluding tert-OH is 1. The molecule has 21 heavy (non-hydrogen) atoms. The lowest BCUT2D eigenvalue weighted by molar-refractivity contribution is -0.138. The standard InChI is InChI=1S/C14H13F3N2O2/c1-13(2,7-20)19-10(6-18)8-4-3-5-9(14(15,16)17)11(8)12(19)21/h3-5,10,20H,7H2,1-2H3. The molecule has 0 aliphatic carbocycles. The van der Waals surface area contributed by atoms with Crippen LogP contribution >= 0.6 is 0 Å². The zero-order chi connectivity index (χ0) is 16.0. The predicted octanol–water partition coefficient (Wildman–Crippen LogP) is 2.50. The fraction of sp³-hybridized carbons (Fsp3) is 0.429. The van der Waals surface area contributed by atoms with Gasteiger partial charge in [-0.1, -0.05) is 12.1 Å². The second-order valence-corrected chi connectivity index (χ2v) is 5.44. The number of benzene rings is 1. The first kappa shape index (κ1) is 15.3. The van der Waals surface area contributed by atoms with Crippen LogP contribution in [0.5, 0.6) is 0 Å². The fourth-order valence-electron chi connectivity index (χ4n) is 2.48. The fourth-order valence-corrected chi connectivity index (χ4v) is 2.48. The maximum Gasteiger partial charge on any atom is 0.417 e. The third-order valence-electron chi connectivity index (χ3n) is 3.55. The van der Waals surface area contributed by atoms with E-state index in [0.717, 1.165) is 11.0 Å². The van der Waals surface area contributed by atoms with Crippen LogP contribution in [0.4, 0.5) is 13.2 Å². The molecule has 0 aromatic heterocycles. The van der Waals surface area contributed by atoms with Gasteiger partial charge in [0.15, 0.2) is 0 Å². The number of aliphatic hydroxyl groups is 1. The Labute approximate surface area is 119 Å². The lowest BCUT2D eigenvalue weighted by Gasteiger charge is -2.36. The van der Waals surface area contributed by atoms with E-state index < -0.39 is 41.4 Å². The van der Waals surface area contributed by atoms with Crippen LogP contribution in [0.2, 0.25) is 0 Å². The Morgan fingerprint density at radius 1 is 1.38 bits per heavy atom. The number of rotatable bonds is 2. The van der Waals surface area contributed by atoms with Gasteiger partial charge in [0.05, 0.1) is 29.3 Å². The van der Waals surface area contributed by atoms with Gasteiger partial charge in [-0.25, -0.2) is 0 Å². The summed E-state index contributed by atoms with van der Waals surface area (Å²) in [6, 6.07) is 4.04. The molecule has 0 bridgehead atoms. The molecular formula is C14H13F3N2O2. The van der Waals surface area contributed by atoms with Gasteiger partial charge in [0, 0.05) is 5.56 Å². The SMILES string of the molecule is CC(C)(CO)N1C(=O)c2c(cccc2C(F)(F)F)C1C#N. The zero-order valence-corrected chi connectivity index (χ0v) is 11.4. The molecule has 1 unspecified atom stereocenters. The highest BCUT2D eigenvalue weighted by atomic mass is 19.4. The molecule has 0 saturated heterocycles. The van der Waals surface area contributed by atoms with E-state index in [1.807, 2.05) is 6.07 Å². The predicted molar refractivity (Wildman–Crippen MR) is 67.1 cm³/mol. The van der Waals surface area contributed by atoms with Crippen molar-refractivity contribution in [1.29, 1.82) is 5.26 Å². The second kappa shape index (κ2) is 4.74. The minimum atomic E-state index is -4.68. The van der Waals surface area contributed by atoms with E-state index in [1.54, 1.807) is 0 Å². The van der Waals surface area contributed by atoms with E-state index in [0.29, 0.717) is 0 Å². The number of hydrogen-bond donors (Lipinski definition) is 1. The van der Waals surface area contributed by atoms with Crippen molar-refractivity contribution in [2.24, 2.45) is 0 Å². The molecule has 0 fully saturated rings. The van der Waals surface area contributed by atoms with Gasteiger partial charge in [-0.05, 0) is 19.9 Å². The normalized spacial score (nSPS) is 18.6. The van der Waals surface area contributed by atoms with Crippen LogP contribution in [0, 0.1) is 11.3 Å². The summed E-state index contributed by atoms with van der Waals surface area (Å²) in [4.78, 5) is 13.4. The molecule has 1 aliphatic heterocycles. The van der Waals surface area contributed by atoms with Crippen molar-refractivity contribution >= 4 is 5.91 Å². The third kappa shape index (κ3) is 2.25. The van der Waals surface area contributed by atoms with Crippen molar-refractivity contribution in [1.82, 2.24) is 4.90 Å². The number of fused-ring (bicyclic) bond motifs is 1. The number of amides is 1. The second-order valence-electron chi connectivity index (χ2n) is 5.44. The van der Waals surface area contributed by atoms with Crippen molar-refractivity contribution in [3.8, 4) is 6.07 Å². The molecule has 1 aromatic rings. The smallest absolute Gasteiger partial charge is 0.394 e. The lowest BCUT2D eigenvalue weighted by atomic mass is 9.99. The molecule has 112 valence electrons. The minimum Gasteiger partial charge on any atom is -0.394 e. The zero-order valence-electron chi connectivity index (χ0n) is 11.4. The number of halogens is 3. The third-order valence-corrected chi connectivity index (χ3v) is 3.55. The van der Waals surface area contributed by atoms with Gasteiger partial charge < -0.3 is 10.0 Å². The minimum absolute atomic E-state index is 0.0267. The first-order valence-corrected chi connectivity index (χ1v) is 6.19. The van der Waals surface area contributed by atoms with Crippen LogP contribution in [0.3, 0.4) is 0 Å². The Morgan fingerprint density at radius 2 is 2.00 bits per heavy atom. The number of nitrogens with zero attached hydrogens (tertiary/aromatic N) is 2. The number of nitriles is 1. The summed E-state index contributed by atoms with van der Waals surface area (Å²) in [5.41, 5.74) is -2.67. The van der Waals surface area contributed by atoms with Crippen LogP contribution in [-0.2, 0) is 6.18 Å². The highest BCUT2D eigenvalue weighted by Crippen LogP contribution is 2.43. The summed E-state index contributed by atoms with van der Waals surface area (Å²) in [6.07, 6.45) is -4.68. The largest absolute Gasteiger partial charge is 0.417 e. The topological polar surface area (TPSA) is 64.3 Å². The van der Waals surface area contributed by atoms with E-state index in [2.05, 4.69) is 0 Å². The number of alkyl halides is 3. The Kier molecular flexibility index (Phi) is 3.46. The van der Waals surface area contributed by atoms with Gasteiger partial charge in [-0.3, -0.25) is 4.79 Å². The maximum atomic E-state index is 13.1. The molecule has 2 rings (SSSR count). The monoisotopic (exact) mass is 298 g/mol. The van der Waals surface area contributed by atoms with E-state index in [9.17, 15) is 28.3 Å². The molecule has 1 amide bonds. The van der Waals surface area contributed by atoms with Gasteiger partial charge in [0.2, 0.25) is 0 Å². The Morgan fingerprint density at radius 3 is 2.48 bits per heavy atom. The molecule has 4 nitrogen and oxygen atoms in total. The summed E-state index contributed by atoms with van der Waals surface area (Å²) in [6.45, 7) is 2.52.